The summed E-state index contributed by atoms with van der Waals surface area (Å²) in [6, 6.07) is 4.68. The maximum Gasteiger partial charge on any atom is 0.115 e. The maximum absolute atomic E-state index is 3.96. The van der Waals surface area contributed by atoms with Gasteiger partial charge in [-0.2, -0.15) is 0 Å². The molecule has 0 N–H and O–H groups in total. The van der Waals surface area contributed by atoms with Gasteiger partial charge in [0.2, 0.25) is 0 Å². The molecule has 0 saturated carbocycles. The Bertz CT molecular complexity index is 169. The molecule has 0 saturated heterocycles. The smallest absolute Gasteiger partial charge is 0.115 e. The molecule has 0 aliphatic rings. The van der Waals surface area contributed by atoms with Crippen LogP contribution in [0.4, 0.5) is 0 Å². The summed E-state index contributed by atoms with van der Waals surface area (Å²) in [6.07, 6.45) is 1.65. The van der Waals surface area contributed by atoms with Crippen LogP contribution in [0.15, 0.2) is 16.7 Å². The van der Waals surface area contributed by atoms with E-state index in [9.17, 15) is 0 Å². The molecular weight excluding hydrogens is 281 g/mol. The van der Waals surface area contributed by atoms with Crippen molar-refractivity contribution in [3.05, 3.63) is 26.5 Å². The van der Waals surface area contributed by atoms with Crippen LogP contribution in [-0.4, -0.2) is 4.98 Å². The monoisotopic (exact) mass is 282 g/mol. The molecule has 1 radical (unpaired) electrons. The van der Waals surface area contributed by atoms with E-state index < -0.39 is 0 Å². The van der Waals surface area contributed by atoms with Crippen LogP contribution in [0.2, 0.25) is 0 Å². The zero-order chi connectivity index (χ0) is 5.98. The number of rotatable bonds is 0. The van der Waals surface area contributed by atoms with E-state index in [1.54, 1.807) is 6.20 Å². The topological polar surface area (TPSA) is 12.9 Å². The highest BCUT2D eigenvalue weighted by Crippen LogP contribution is 2.13. The molecule has 1 heterocycles. The molecule has 8 heavy (non-hydrogen) atoms. The number of pyridine rings is 1. The lowest BCUT2D eigenvalue weighted by Gasteiger charge is -1.88. The first kappa shape index (κ1) is 6.48. The van der Waals surface area contributed by atoms with E-state index >= 15 is 0 Å². The van der Waals surface area contributed by atoms with Gasteiger partial charge in [0.05, 0.1) is 4.47 Å². The van der Waals surface area contributed by atoms with Crippen molar-refractivity contribution in [2.75, 3.05) is 0 Å². The average Bonchev–Trinajstić information content (AvgIpc) is 1.77. The van der Waals surface area contributed by atoms with Crippen LogP contribution in [-0.2, 0) is 0 Å². The zero-order valence-electron chi connectivity index (χ0n) is 3.86. The second-order valence-corrected chi connectivity index (χ2v) is 3.08. The first-order valence-electron chi connectivity index (χ1n) is 1.98. The maximum atomic E-state index is 3.96. The molecule has 1 rings (SSSR count). The molecular formula is C5H2BrIN. The summed E-state index contributed by atoms with van der Waals surface area (Å²) in [5.41, 5.74) is 0. The Labute approximate surface area is 69.8 Å². The van der Waals surface area contributed by atoms with Gasteiger partial charge in [0.15, 0.2) is 0 Å². The third-order valence-electron chi connectivity index (χ3n) is 0.660. The zero-order valence-corrected chi connectivity index (χ0v) is 7.60. The molecule has 1 aromatic rings. The number of halogens is 2. The predicted octanol–water partition coefficient (Wildman–Crippen LogP) is 2.25. The third kappa shape index (κ3) is 1.42. The van der Waals surface area contributed by atoms with E-state index in [0.29, 0.717) is 0 Å². The summed E-state index contributed by atoms with van der Waals surface area (Å²) in [4.78, 5) is 3.96. The lowest BCUT2D eigenvalue weighted by atomic mass is 10.5. The Morgan fingerprint density at radius 2 is 2.50 bits per heavy atom. The van der Waals surface area contributed by atoms with E-state index in [1.807, 2.05) is 6.07 Å². The van der Waals surface area contributed by atoms with Crippen molar-refractivity contribution < 1.29 is 0 Å². The number of nitrogens with zero attached hydrogens (tertiary/aromatic N) is 1. The van der Waals surface area contributed by atoms with Crippen LogP contribution >= 0.6 is 38.5 Å². The molecule has 0 bridgehead atoms. The van der Waals surface area contributed by atoms with Gasteiger partial charge in [-0.05, 0) is 44.6 Å². The fourth-order valence-corrected chi connectivity index (χ4v) is 0.855. The van der Waals surface area contributed by atoms with Gasteiger partial charge in [-0.3, -0.25) is 0 Å². The molecule has 41 valence electrons. The fourth-order valence-electron chi connectivity index (χ4n) is 0.326. The van der Waals surface area contributed by atoms with Crippen LogP contribution in [0.25, 0.3) is 0 Å². The van der Waals surface area contributed by atoms with Crippen molar-refractivity contribution in [3.63, 3.8) is 0 Å². The van der Waals surface area contributed by atoms with Gasteiger partial charge in [-0.1, -0.05) is 0 Å². The first-order chi connectivity index (χ1) is 3.80. The fraction of sp³-hybridized carbons (Fsp3) is 0. The lowest BCUT2D eigenvalue weighted by molar-refractivity contribution is 1.25. The molecule has 0 aromatic carbocycles. The molecule has 3 heteroatoms. The van der Waals surface area contributed by atoms with Gasteiger partial charge < -0.3 is 0 Å². The van der Waals surface area contributed by atoms with Gasteiger partial charge in [0, 0.05) is 12.3 Å². The van der Waals surface area contributed by atoms with E-state index in [0.717, 1.165) is 8.17 Å². The average molecular weight is 283 g/mol. The van der Waals surface area contributed by atoms with Gasteiger partial charge >= 0.3 is 0 Å². The molecule has 0 unspecified atom stereocenters. The van der Waals surface area contributed by atoms with Crippen LogP contribution in [0.1, 0.15) is 0 Å². The van der Waals surface area contributed by atoms with Gasteiger partial charge in [-0.25, -0.2) is 4.98 Å². The number of aromatic nitrogens is 1. The van der Waals surface area contributed by atoms with Crippen molar-refractivity contribution in [3.8, 4) is 0 Å². The van der Waals surface area contributed by atoms with E-state index in [2.05, 4.69) is 49.6 Å². The minimum Gasteiger partial charge on any atom is -0.248 e. The second-order valence-electron chi connectivity index (χ2n) is 1.21. The van der Waals surface area contributed by atoms with Gasteiger partial charge in [-0.15, -0.1) is 0 Å². The SMILES string of the molecule is Brc1c[c]cnc1I. The standard InChI is InChI=1S/C5H2BrIN/c6-4-2-1-3-8-5(4)7/h2-3H. The summed E-state index contributed by atoms with van der Waals surface area (Å²) in [5.74, 6) is 0. The van der Waals surface area contributed by atoms with Crippen molar-refractivity contribution in [2.45, 2.75) is 0 Å². The predicted molar refractivity (Wildman–Crippen MR) is 43.5 cm³/mol. The largest absolute Gasteiger partial charge is 0.248 e. The van der Waals surface area contributed by atoms with E-state index in [-0.39, 0.29) is 0 Å². The Hall–Kier alpha value is 0.360. The highest BCUT2D eigenvalue weighted by Gasteiger charge is 1.90. The third-order valence-corrected chi connectivity index (χ3v) is 2.86. The van der Waals surface area contributed by atoms with E-state index in [1.165, 1.54) is 0 Å². The van der Waals surface area contributed by atoms with Crippen LogP contribution in [0, 0.1) is 9.77 Å². The van der Waals surface area contributed by atoms with Crippen molar-refractivity contribution in [1.82, 2.24) is 4.98 Å². The summed E-state index contributed by atoms with van der Waals surface area (Å²) >= 11 is 5.44. The first-order valence-corrected chi connectivity index (χ1v) is 3.85. The normalized spacial score (nSPS) is 9.25. The van der Waals surface area contributed by atoms with Crippen LogP contribution in [0.3, 0.4) is 0 Å². The highest BCUT2D eigenvalue weighted by molar-refractivity contribution is 14.1. The molecule has 0 aliphatic carbocycles. The Morgan fingerprint density at radius 3 is 2.88 bits per heavy atom. The molecule has 0 aliphatic heterocycles. The molecule has 1 nitrogen and oxygen atoms in total. The van der Waals surface area contributed by atoms with Crippen molar-refractivity contribution >= 4 is 38.5 Å². The van der Waals surface area contributed by atoms with Gasteiger partial charge in [0.25, 0.3) is 0 Å². The Kier molecular flexibility index (Phi) is 2.25. The highest BCUT2D eigenvalue weighted by atomic mass is 127. The summed E-state index contributed by atoms with van der Waals surface area (Å²) in [6.45, 7) is 0. The minimum absolute atomic E-state index is 0.973. The summed E-state index contributed by atoms with van der Waals surface area (Å²) in [5, 5.41) is 0. The van der Waals surface area contributed by atoms with Crippen molar-refractivity contribution in [1.29, 1.82) is 0 Å². The lowest BCUT2D eigenvalue weighted by Crippen LogP contribution is -1.77. The number of hydrogen-bond donors (Lipinski definition) is 0. The molecule has 0 spiro atoms. The van der Waals surface area contributed by atoms with Crippen LogP contribution in [0.5, 0.6) is 0 Å². The summed E-state index contributed by atoms with van der Waals surface area (Å²) in [7, 11) is 0. The van der Waals surface area contributed by atoms with Crippen LogP contribution < -0.4 is 0 Å². The molecule has 1 aromatic heterocycles. The Morgan fingerprint density at radius 1 is 1.75 bits per heavy atom. The van der Waals surface area contributed by atoms with Crippen molar-refractivity contribution in [2.24, 2.45) is 0 Å². The molecule has 0 atom stereocenters. The molecule has 0 amide bonds. The van der Waals surface area contributed by atoms with Gasteiger partial charge in [0.1, 0.15) is 3.70 Å². The van der Waals surface area contributed by atoms with E-state index in [4.69, 9.17) is 0 Å². The quantitative estimate of drug-likeness (QED) is 0.525. The Balaban J connectivity index is 3.13. The number of hydrogen-bond acceptors (Lipinski definition) is 1. The minimum atomic E-state index is 0.973. The second kappa shape index (κ2) is 2.77. The summed E-state index contributed by atoms with van der Waals surface area (Å²) < 4.78 is 1.97. The molecule has 0 fully saturated rings.